The van der Waals surface area contributed by atoms with Crippen LogP contribution in [0.5, 0.6) is 0 Å². The van der Waals surface area contributed by atoms with E-state index >= 15 is 0 Å². The largest absolute Gasteiger partial charge is 0.372 e. The van der Waals surface area contributed by atoms with Gasteiger partial charge in [0.2, 0.25) is 17.5 Å². The number of halogens is 1. The molecule has 0 spiro atoms. The van der Waals surface area contributed by atoms with Crippen LogP contribution in [0.3, 0.4) is 0 Å². The average molecular weight is 762 g/mol. The monoisotopic (exact) mass is 761 g/mol. The molecular weight excluding hydrogens is 718 g/mol. The summed E-state index contributed by atoms with van der Waals surface area (Å²) in [6, 6.07) is 17.1. The maximum absolute atomic E-state index is 13.3. The zero-order valence-electron chi connectivity index (χ0n) is 30.9. The summed E-state index contributed by atoms with van der Waals surface area (Å²) in [7, 11) is 2.06. The lowest BCUT2D eigenvalue weighted by atomic mass is 9.90. The molecule has 284 valence electrons. The summed E-state index contributed by atoms with van der Waals surface area (Å²) >= 11 is 6.27. The number of fused-ring (bicyclic) bond motifs is 2. The number of benzene rings is 3. The molecule has 1 atom stereocenters. The van der Waals surface area contributed by atoms with Gasteiger partial charge in [0.05, 0.1) is 17.7 Å². The van der Waals surface area contributed by atoms with Crippen LogP contribution in [0, 0.1) is 6.57 Å². The van der Waals surface area contributed by atoms with Gasteiger partial charge in [-0.1, -0.05) is 29.8 Å². The molecule has 13 heteroatoms. The van der Waals surface area contributed by atoms with Gasteiger partial charge in [0.1, 0.15) is 6.04 Å². The maximum Gasteiger partial charge on any atom is 0.262 e. The summed E-state index contributed by atoms with van der Waals surface area (Å²) in [5.74, 6) is -1.95. The summed E-state index contributed by atoms with van der Waals surface area (Å²) < 4.78 is 0. The predicted molar refractivity (Wildman–Crippen MR) is 207 cm³/mol. The molecule has 5 aliphatic rings. The van der Waals surface area contributed by atoms with Crippen molar-refractivity contribution in [3.05, 3.63) is 104 Å². The van der Waals surface area contributed by atoms with E-state index in [2.05, 4.69) is 49.4 Å². The van der Waals surface area contributed by atoms with E-state index in [0.717, 1.165) is 79.9 Å². The highest BCUT2D eigenvalue weighted by Crippen LogP contribution is 2.36. The first-order valence-corrected chi connectivity index (χ1v) is 19.6. The highest BCUT2D eigenvalue weighted by Gasteiger charge is 2.45. The van der Waals surface area contributed by atoms with Gasteiger partial charge in [-0.25, -0.2) is 4.85 Å². The van der Waals surface area contributed by atoms with Crippen molar-refractivity contribution in [2.75, 3.05) is 25.0 Å². The van der Waals surface area contributed by atoms with Gasteiger partial charge in [-0.15, -0.1) is 0 Å². The van der Waals surface area contributed by atoms with Crippen molar-refractivity contribution in [1.82, 2.24) is 25.3 Å². The van der Waals surface area contributed by atoms with Crippen LogP contribution >= 0.6 is 11.6 Å². The molecule has 12 nitrogen and oxygen atoms in total. The van der Waals surface area contributed by atoms with Gasteiger partial charge in [0.25, 0.3) is 17.7 Å². The maximum atomic E-state index is 13.3. The minimum Gasteiger partial charge on any atom is -0.372 e. The molecule has 2 N–H and O–H groups in total. The Kier molecular flexibility index (Phi) is 10.2. The molecule has 0 radical (unpaired) electrons. The second-order valence-electron chi connectivity index (χ2n) is 15.6. The molecule has 3 fully saturated rings. The van der Waals surface area contributed by atoms with Gasteiger partial charge in [0, 0.05) is 67.5 Å². The highest BCUT2D eigenvalue weighted by atomic mass is 35.5. The third-order valence-electron chi connectivity index (χ3n) is 12.2. The van der Waals surface area contributed by atoms with Crippen molar-refractivity contribution < 1.29 is 24.0 Å². The Morgan fingerprint density at radius 3 is 2.15 bits per heavy atom. The molecule has 1 aliphatic carbocycles. The molecule has 55 heavy (non-hydrogen) atoms. The summed E-state index contributed by atoms with van der Waals surface area (Å²) in [5.41, 5.74) is 6.07. The third kappa shape index (κ3) is 7.36. The van der Waals surface area contributed by atoms with Crippen LogP contribution in [-0.4, -0.2) is 88.5 Å². The molecule has 3 aromatic rings. The molecule has 0 bridgehead atoms. The summed E-state index contributed by atoms with van der Waals surface area (Å²) in [6.45, 7) is 11.4. The standard InChI is InChI=1S/C42H44ClN7O5/c1-44-36-12-11-32(21-35(36)43)47(2)30-9-7-29(8-10-30)45-39(52)26-5-3-25(4-6-26)22-48-17-15-31(16-18-48)49-23-27-19-33-34(20-28(27)24-49)42(55)50(41(33)54)37-13-14-38(51)46-40(37)53/h3-6,11-12,19-21,29-31,37H,7-10,13-18,22-24H2,2H3,(H,45,52)(H,46,51,53)/t29?,30?,37-/m0/s1. The van der Waals surface area contributed by atoms with Crippen LogP contribution < -0.4 is 15.5 Å². The number of amides is 5. The highest BCUT2D eigenvalue weighted by molar-refractivity contribution is 6.33. The van der Waals surface area contributed by atoms with Crippen LogP contribution in [0.15, 0.2) is 54.6 Å². The molecule has 0 unspecified atom stereocenters. The summed E-state index contributed by atoms with van der Waals surface area (Å²) in [4.78, 5) is 75.4. The number of nitrogens with zero attached hydrogens (tertiary/aromatic N) is 5. The molecule has 1 saturated carbocycles. The Morgan fingerprint density at radius 2 is 1.55 bits per heavy atom. The zero-order chi connectivity index (χ0) is 38.4. The topological polar surface area (TPSA) is 127 Å². The van der Waals surface area contributed by atoms with Gasteiger partial charge in [0.15, 0.2) is 0 Å². The first-order chi connectivity index (χ1) is 26.6. The lowest BCUT2D eigenvalue weighted by Gasteiger charge is -2.36. The van der Waals surface area contributed by atoms with Crippen LogP contribution in [0.25, 0.3) is 4.85 Å². The molecule has 0 aromatic heterocycles. The van der Waals surface area contributed by atoms with E-state index in [1.54, 1.807) is 6.07 Å². The minimum atomic E-state index is -0.960. The number of imide groups is 2. The molecule has 3 aromatic carbocycles. The van der Waals surface area contributed by atoms with Crippen molar-refractivity contribution in [2.24, 2.45) is 0 Å². The van der Waals surface area contributed by atoms with Gasteiger partial charge in [-0.3, -0.25) is 44.0 Å². The molecule has 2 saturated heterocycles. The normalized spacial score (nSPS) is 23.3. The van der Waals surface area contributed by atoms with E-state index in [4.69, 9.17) is 18.2 Å². The van der Waals surface area contributed by atoms with E-state index in [0.29, 0.717) is 52.6 Å². The van der Waals surface area contributed by atoms with Crippen molar-refractivity contribution in [1.29, 1.82) is 0 Å². The van der Waals surface area contributed by atoms with E-state index < -0.39 is 23.8 Å². The first kappa shape index (κ1) is 36.9. The van der Waals surface area contributed by atoms with Gasteiger partial charge >= 0.3 is 0 Å². The predicted octanol–water partition coefficient (Wildman–Crippen LogP) is 5.45. The third-order valence-corrected chi connectivity index (χ3v) is 12.5. The number of hydrogen-bond donors (Lipinski definition) is 2. The Labute approximate surface area is 325 Å². The number of piperidine rings is 2. The van der Waals surface area contributed by atoms with Crippen LogP contribution in [-0.2, 0) is 29.2 Å². The fourth-order valence-corrected chi connectivity index (χ4v) is 9.22. The van der Waals surface area contributed by atoms with Crippen molar-refractivity contribution in [3.8, 4) is 0 Å². The quantitative estimate of drug-likeness (QED) is 0.230. The van der Waals surface area contributed by atoms with Crippen LogP contribution in [0.4, 0.5) is 11.4 Å². The number of likely N-dealkylation sites (tertiary alicyclic amines) is 1. The van der Waals surface area contributed by atoms with E-state index in [-0.39, 0.29) is 30.7 Å². The van der Waals surface area contributed by atoms with Crippen molar-refractivity contribution in [3.63, 3.8) is 0 Å². The SMILES string of the molecule is [C-]#[N+]c1ccc(N(C)C2CCC(NC(=O)c3ccc(CN4CCC(N5Cc6cc7c(cc6C5)C(=O)N([C@H]5CCC(=O)NC5=O)C7=O)CC4)cc3)CC2)cc1Cl. The van der Waals surface area contributed by atoms with E-state index in [9.17, 15) is 24.0 Å². The molecule has 4 heterocycles. The molecule has 5 amide bonds. The number of hydrogen-bond acceptors (Lipinski definition) is 8. The molecule has 4 aliphatic heterocycles. The van der Waals surface area contributed by atoms with E-state index in [1.165, 1.54) is 5.56 Å². The Morgan fingerprint density at radius 1 is 0.891 bits per heavy atom. The van der Waals surface area contributed by atoms with Gasteiger partial charge in [-0.2, -0.15) is 0 Å². The fourth-order valence-electron chi connectivity index (χ4n) is 9.01. The second kappa shape index (κ2) is 15.2. The average Bonchev–Trinajstić information content (AvgIpc) is 3.71. The van der Waals surface area contributed by atoms with Crippen molar-refractivity contribution in [2.45, 2.75) is 95.2 Å². The zero-order valence-corrected chi connectivity index (χ0v) is 31.6. The Hall–Kier alpha value is -5.09. The number of nitrogens with one attached hydrogen (secondary N) is 2. The Balaban J connectivity index is 0.784. The first-order valence-electron chi connectivity index (χ1n) is 19.2. The lowest BCUT2D eigenvalue weighted by molar-refractivity contribution is -0.136. The number of carbonyl (C=O) groups excluding carboxylic acids is 5. The van der Waals surface area contributed by atoms with Crippen molar-refractivity contribution >= 4 is 52.5 Å². The van der Waals surface area contributed by atoms with E-state index in [1.807, 2.05) is 36.4 Å². The lowest BCUT2D eigenvalue weighted by Crippen LogP contribution is -2.54. The smallest absolute Gasteiger partial charge is 0.262 e. The number of anilines is 1. The van der Waals surface area contributed by atoms with Crippen LogP contribution in [0.2, 0.25) is 5.02 Å². The molecular formula is C42H44ClN7O5. The second-order valence-corrected chi connectivity index (χ2v) is 16.0. The van der Waals surface area contributed by atoms with Gasteiger partial charge < -0.3 is 10.2 Å². The Bertz CT molecular complexity index is 2050. The van der Waals surface area contributed by atoms with Gasteiger partial charge in [-0.05, 0) is 111 Å². The molecule has 8 rings (SSSR count). The summed E-state index contributed by atoms with van der Waals surface area (Å²) in [6.07, 6.45) is 5.99. The minimum absolute atomic E-state index is 0.0390. The fraction of sp³-hybridized carbons (Fsp3) is 0.429. The number of carbonyl (C=O) groups is 5. The summed E-state index contributed by atoms with van der Waals surface area (Å²) in [5, 5.41) is 5.96. The number of rotatable bonds is 8. The van der Waals surface area contributed by atoms with Crippen LogP contribution in [0.1, 0.15) is 99.1 Å².